The Labute approximate surface area is 165 Å². The normalized spacial score (nSPS) is 18.4. The Hall–Kier alpha value is -1.78. The molecule has 2 aromatic rings. The summed E-state index contributed by atoms with van der Waals surface area (Å²) in [5.74, 6) is -1.32. The van der Waals surface area contributed by atoms with Gasteiger partial charge >= 0.3 is 0 Å². The van der Waals surface area contributed by atoms with Gasteiger partial charge in [-0.3, -0.25) is 4.79 Å². The largest absolute Gasteiger partial charge is 0.360 e. The second-order valence-electron chi connectivity index (χ2n) is 6.47. The molecular formula is C17H19BrFN3O4S. The van der Waals surface area contributed by atoms with Gasteiger partial charge in [0, 0.05) is 17.6 Å². The minimum absolute atomic E-state index is 0.0242. The lowest BCUT2D eigenvalue weighted by Gasteiger charge is -2.31. The molecule has 1 amide bonds. The van der Waals surface area contributed by atoms with Crippen molar-refractivity contribution >= 4 is 37.5 Å². The molecule has 1 aliphatic heterocycles. The van der Waals surface area contributed by atoms with E-state index in [0.717, 1.165) is 0 Å². The molecule has 1 atom stereocenters. The van der Waals surface area contributed by atoms with Crippen LogP contribution in [-0.2, 0) is 14.8 Å². The van der Waals surface area contributed by atoms with Gasteiger partial charge in [0.25, 0.3) is 0 Å². The molecule has 1 N–H and O–H groups in total. The Bertz CT molecular complexity index is 957. The highest BCUT2D eigenvalue weighted by atomic mass is 79.9. The fourth-order valence-corrected chi connectivity index (χ4v) is 5.32. The molecular weight excluding hydrogens is 441 g/mol. The SMILES string of the molecule is Cc1noc(C)c1S(=O)(=O)N1CCCC(C(=O)Nc2ccc(Br)cc2F)C1. The highest BCUT2D eigenvalue weighted by Gasteiger charge is 2.36. The molecule has 0 bridgehead atoms. The van der Waals surface area contributed by atoms with Crippen LogP contribution >= 0.6 is 15.9 Å². The molecule has 0 aliphatic carbocycles. The monoisotopic (exact) mass is 459 g/mol. The van der Waals surface area contributed by atoms with E-state index in [0.29, 0.717) is 23.9 Å². The maximum absolute atomic E-state index is 14.0. The minimum atomic E-state index is -3.82. The summed E-state index contributed by atoms with van der Waals surface area (Å²) in [5, 5.41) is 6.25. The van der Waals surface area contributed by atoms with Crippen LogP contribution in [0.2, 0.25) is 0 Å². The van der Waals surface area contributed by atoms with Crippen molar-refractivity contribution in [1.29, 1.82) is 0 Å². The second-order valence-corrected chi connectivity index (χ2v) is 9.26. The van der Waals surface area contributed by atoms with Crippen LogP contribution in [0.3, 0.4) is 0 Å². The number of nitrogens with one attached hydrogen (secondary N) is 1. The molecule has 27 heavy (non-hydrogen) atoms. The number of aryl methyl sites for hydroxylation is 2. The molecule has 1 unspecified atom stereocenters. The molecule has 1 aromatic carbocycles. The lowest BCUT2D eigenvalue weighted by atomic mass is 9.98. The number of hydrogen-bond donors (Lipinski definition) is 1. The maximum Gasteiger partial charge on any atom is 0.248 e. The third-order valence-corrected chi connectivity index (χ3v) is 7.11. The number of carbonyl (C=O) groups excluding carboxylic acids is 1. The van der Waals surface area contributed by atoms with Crippen molar-refractivity contribution in [1.82, 2.24) is 9.46 Å². The third kappa shape index (κ3) is 4.07. The van der Waals surface area contributed by atoms with Crippen LogP contribution in [0.1, 0.15) is 24.3 Å². The first-order valence-electron chi connectivity index (χ1n) is 8.39. The first kappa shape index (κ1) is 20.0. The van der Waals surface area contributed by atoms with Gasteiger partial charge in [-0.2, -0.15) is 4.31 Å². The number of benzene rings is 1. The molecule has 7 nitrogen and oxygen atoms in total. The predicted molar refractivity (Wildman–Crippen MR) is 100 cm³/mol. The zero-order valence-corrected chi connectivity index (χ0v) is 17.2. The van der Waals surface area contributed by atoms with Gasteiger partial charge in [-0.05, 0) is 44.9 Å². The average Bonchev–Trinajstić information content (AvgIpc) is 2.96. The molecule has 10 heteroatoms. The fraction of sp³-hybridized carbons (Fsp3) is 0.412. The topological polar surface area (TPSA) is 92.5 Å². The van der Waals surface area contributed by atoms with E-state index in [-0.39, 0.29) is 28.6 Å². The quantitative estimate of drug-likeness (QED) is 0.757. The van der Waals surface area contributed by atoms with Crippen molar-refractivity contribution in [2.45, 2.75) is 31.6 Å². The number of anilines is 1. The van der Waals surface area contributed by atoms with Crippen molar-refractivity contribution in [3.63, 3.8) is 0 Å². The summed E-state index contributed by atoms with van der Waals surface area (Å²) < 4.78 is 46.6. The van der Waals surface area contributed by atoms with E-state index in [2.05, 4.69) is 26.4 Å². The number of amides is 1. The Balaban J connectivity index is 1.76. The first-order chi connectivity index (χ1) is 12.7. The number of aromatic nitrogens is 1. The molecule has 1 fully saturated rings. The van der Waals surface area contributed by atoms with Gasteiger partial charge < -0.3 is 9.84 Å². The van der Waals surface area contributed by atoms with E-state index < -0.39 is 27.7 Å². The molecule has 0 saturated carbocycles. The van der Waals surface area contributed by atoms with Crippen molar-refractivity contribution in [2.24, 2.45) is 5.92 Å². The number of carbonyl (C=O) groups is 1. The summed E-state index contributed by atoms with van der Waals surface area (Å²) >= 11 is 3.16. The van der Waals surface area contributed by atoms with E-state index in [9.17, 15) is 17.6 Å². The third-order valence-electron chi connectivity index (χ3n) is 4.51. The van der Waals surface area contributed by atoms with E-state index in [1.807, 2.05) is 0 Å². The number of nitrogens with zero attached hydrogens (tertiary/aromatic N) is 2. The number of halogens is 2. The molecule has 0 spiro atoms. The van der Waals surface area contributed by atoms with Crippen LogP contribution in [0.15, 0.2) is 32.1 Å². The highest BCUT2D eigenvalue weighted by Crippen LogP contribution is 2.28. The molecule has 146 valence electrons. The Morgan fingerprint density at radius 1 is 1.41 bits per heavy atom. The lowest BCUT2D eigenvalue weighted by Crippen LogP contribution is -2.44. The zero-order valence-electron chi connectivity index (χ0n) is 14.8. The lowest BCUT2D eigenvalue weighted by molar-refractivity contribution is -0.120. The summed E-state index contributed by atoms with van der Waals surface area (Å²) in [6, 6.07) is 4.33. The van der Waals surface area contributed by atoms with Crippen molar-refractivity contribution in [3.05, 3.63) is 39.9 Å². The fourth-order valence-electron chi connectivity index (χ4n) is 3.17. The van der Waals surface area contributed by atoms with Gasteiger partial charge in [0.05, 0.1) is 11.6 Å². The van der Waals surface area contributed by atoms with Gasteiger partial charge in [-0.15, -0.1) is 0 Å². The summed E-state index contributed by atoms with van der Waals surface area (Å²) in [4.78, 5) is 12.6. The van der Waals surface area contributed by atoms with Crippen LogP contribution in [0.25, 0.3) is 0 Å². The Morgan fingerprint density at radius 2 is 2.15 bits per heavy atom. The van der Waals surface area contributed by atoms with Crippen LogP contribution in [0, 0.1) is 25.6 Å². The Morgan fingerprint density at radius 3 is 2.78 bits per heavy atom. The molecule has 1 saturated heterocycles. The van der Waals surface area contributed by atoms with E-state index in [4.69, 9.17) is 4.52 Å². The van der Waals surface area contributed by atoms with Gasteiger partial charge in [0.1, 0.15) is 16.4 Å². The number of hydrogen-bond acceptors (Lipinski definition) is 5. The van der Waals surface area contributed by atoms with Gasteiger partial charge in [0.15, 0.2) is 5.76 Å². The molecule has 3 rings (SSSR count). The number of sulfonamides is 1. The smallest absolute Gasteiger partial charge is 0.248 e. The molecule has 1 aromatic heterocycles. The first-order valence-corrected chi connectivity index (χ1v) is 10.6. The Kier molecular flexibility index (Phi) is 5.68. The van der Waals surface area contributed by atoms with Crippen molar-refractivity contribution in [2.75, 3.05) is 18.4 Å². The van der Waals surface area contributed by atoms with Crippen LogP contribution in [0.4, 0.5) is 10.1 Å². The summed E-state index contributed by atoms with van der Waals surface area (Å²) in [6.07, 6.45) is 1.06. The standard InChI is InChI=1S/C17H19BrFN3O4S/c1-10-16(11(2)26-21-10)27(24,25)22-7-3-4-12(9-22)17(23)20-15-6-5-13(18)8-14(15)19/h5-6,8,12H,3-4,7,9H2,1-2H3,(H,20,23). The van der Waals surface area contributed by atoms with Gasteiger partial charge in [0.2, 0.25) is 15.9 Å². The number of rotatable bonds is 4. The van der Waals surface area contributed by atoms with Crippen LogP contribution < -0.4 is 5.32 Å². The number of piperidine rings is 1. The summed E-state index contributed by atoms with van der Waals surface area (Å²) in [5.41, 5.74) is 0.352. The van der Waals surface area contributed by atoms with Crippen molar-refractivity contribution < 1.29 is 22.1 Å². The molecule has 0 radical (unpaired) electrons. The van der Waals surface area contributed by atoms with E-state index >= 15 is 0 Å². The van der Waals surface area contributed by atoms with Crippen LogP contribution in [0.5, 0.6) is 0 Å². The average molecular weight is 460 g/mol. The highest BCUT2D eigenvalue weighted by molar-refractivity contribution is 9.10. The predicted octanol–water partition coefficient (Wildman–Crippen LogP) is 3.23. The van der Waals surface area contributed by atoms with Crippen molar-refractivity contribution in [3.8, 4) is 0 Å². The summed E-state index contributed by atoms with van der Waals surface area (Å²) in [6.45, 7) is 3.43. The van der Waals surface area contributed by atoms with Crippen LogP contribution in [-0.4, -0.2) is 36.9 Å². The summed E-state index contributed by atoms with van der Waals surface area (Å²) in [7, 11) is -3.82. The minimum Gasteiger partial charge on any atom is -0.360 e. The molecule has 2 heterocycles. The zero-order chi connectivity index (χ0) is 19.8. The van der Waals surface area contributed by atoms with Gasteiger partial charge in [-0.25, -0.2) is 12.8 Å². The maximum atomic E-state index is 14.0. The molecule has 1 aliphatic rings. The van der Waals surface area contributed by atoms with E-state index in [1.54, 1.807) is 13.0 Å². The second kappa shape index (κ2) is 7.69. The van der Waals surface area contributed by atoms with Gasteiger partial charge in [-0.1, -0.05) is 21.1 Å². The van der Waals surface area contributed by atoms with E-state index in [1.165, 1.54) is 23.4 Å².